The number of carbonyl (C=O) groups is 2. The first-order valence-corrected chi connectivity index (χ1v) is 10.8. The summed E-state index contributed by atoms with van der Waals surface area (Å²) >= 11 is 2.86. The Balaban J connectivity index is 1.90. The third-order valence-corrected chi connectivity index (χ3v) is 6.40. The van der Waals surface area contributed by atoms with Gasteiger partial charge < -0.3 is 10.0 Å². The number of thiazole rings is 1. The maximum atomic E-state index is 12.7. The maximum Gasteiger partial charge on any atom is 0.323 e. The van der Waals surface area contributed by atoms with Gasteiger partial charge in [0.25, 0.3) is 0 Å². The van der Waals surface area contributed by atoms with Crippen LogP contribution >= 0.6 is 23.1 Å². The highest BCUT2D eigenvalue weighted by Crippen LogP contribution is 2.29. The van der Waals surface area contributed by atoms with E-state index in [2.05, 4.69) is 17.2 Å². The molecule has 6 nitrogen and oxygen atoms in total. The summed E-state index contributed by atoms with van der Waals surface area (Å²) in [6.07, 6.45) is 9.74. The molecule has 1 fully saturated rings. The summed E-state index contributed by atoms with van der Waals surface area (Å²) in [5, 5.41) is 12.2. The summed E-state index contributed by atoms with van der Waals surface area (Å²) in [4.78, 5) is 29.5. The highest BCUT2D eigenvalue weighted by molar-refractivity contribution is 8.01. The molecule has 1 aliphatic carbocycles. The fraction of sp³-hybridized carbons (Fsp3) is 0.706. The van der Waals surface area contributed by atoms with Crippen LogP contribution in [0.5, 0.6) is 0 Å². The van der Waals surface area contributed by atoms with Crippen LogP contribution in [-0.2, 0) is 4.79 Å². The van der Waals surface area contributed by atoms with E-state index in [0.29, 0.717) is 16.9 Å². The zero-order valence-corrected chi connectivity index (χ0v) is 16.3. The van der Waals surface area contributed by atoms with Crippen LogP contribution in [0, 0.1) is 0 Å². The van der Waals surface area contributed by atoms with E-state index in [4.69, 9.17) is 5.11 Å². The van der Waals surface area contributed by atoms with Crippen molar-refractivity contribution in [2.45, 2.75) is 68.5 Å². The number of hydrogen-bond donors (Lipinski definition) is 2. The lowest BCUT2D eigenvalue weighted by Gasteiger charge is -2.34. The van der Waals surface area contributed by atoms with Crippen molar-refractivity contribution < 1.29 is 14.7 Å². The monoisotopic (exact) mass is 385 g/mol. The van der Waals surface area contributed by atoms with Crippen LogP contribution in [0.2, 0.25) is 0 Å². The number of nitrogens with one attached hydrogen (secondary N) is 1. The molecule has 25 heavy (non-hydrogen) atoms. The number of carboxylic acid groups (broad SMARTS) is 1. The number of aliphatic carboxylic acids is 1. The first-order valence-electron chi connectivity index (χ1n) is 8.98. The second-order valence-electron chi connectivity index (χ2n) is 6.25. The van der Waals surface area contributed by atoms with Crippen LogP contribution < -0.4 is 5.32 Å². The molecule has 0 bridgehead atoms. The van der Waals surface area contributed by atoms with Gasteiger partial charge in [0, 0.05) is 18.3 Å². The average molecular weight is 386 g/mol. The Morgan fingerprint density at radius 2 is 2.16 bits per heavy atom. The Morgan fingerprint density at radius 1 is 1.40 bits per heavy atom. The lowest BCUT2D eigenvalue weighted by Crippen LogP contribution is -2.44. The van der Waals surface area contributed by atoms with Gasteiger partial charge in [-0.25, -0.2) is 9.78 Å². The van der Waals surface area contributed by atoms with Crippen LogP contribution in [0.15, 0.2) is 10.4 Å². The smallest absolute Gasteiger partial charge is 0.323 e. The number of rotatable bonds is 9. The largest absolute Gasteiger partial charge is 0.481 e. The first-order chi connectivity index (χ1) is 12.1. The number of carbonyl (C=O) groups excluding carboxylic acids is 1. The molecule has 2 rings (SSSR count). The molecule has 0 radical (unpaired) electrons. The van der Waals surface area contributed by atoms with E-state index in [9.17, 15) is 9.59 Å². The lowest BCUT2D eigenvalue weighted by atomic mass is 9.94. The minimum atomic E-state index is -0.801. The summed E-state index contributed by atoms with van der Waals surface area (Å²) in [6.45, 7) is 2.93. The van der Waals surface area contributed by atoms with Crippen LogP contribution in [0.1, 0.15) is 58.3 Å². The van der Waals surface area contributed by atoms with E-state index < -0.39 is 5.97 Å². The highest BCUT2D eigenvalue weighted by atomic mass is 32.2. The molecule has 0 unspecified atom stereocenters. The molecule has 1 aromatic heterocycles. The molecule has 0 spiro atoms. The van der Waals surface area contributed by atoms with Gasteiger partial charge in [-0.2, -0.15) is 0 Å². The Kier molecular flexibility index (Phi) is 8.54. The lowest BCUT2D eigenvalue weighted by molar-refractivity contribution is -0.136. The van der Waals surface area contributed by atoms with Gasteiger partial charge >= 0.3 is 12.0 Å². The second-order valence-corrected chi connectivity index (χ2v) is 8.67. The average Bonchev–Trinajstić information content (AvgIpc) is 3.03. The van der Waals surface area contributed by atoms with E-state index in [-0.39, 0.29) is 12.5 Å². The third-order valence-electron chi connectivity index (χ3n) is 4.29. The number of thioether (sulfide) groups is 1. The molecule has 0 aliphatic heterocycles. The van der Waals surface area contributed by atoms with Crippen molar-refractivity contribution in [1.82, 2.24) is 9.88 Å². The minimum Gasteiger partial charge on any atom is -0.481 e. The number of anilines is 1. The van der Waals surface area contributed by atoms with Gasteiger partial charge in [0.05, 0.1) is 16.8 Å². The maximum absolute atomic E-state index is 12.7. The molecule has 0 saturated heterocycles. The molecule has 1 saturated carbocycles. The van der Waals surface area contributed by atoms with Crippen molar-refractivity contribution in [1.29, 1.82) is 0 Å². The summed E-state index contributed by atoms with van der Waals surface area (Å²) in [7, 11) is 0. The van der Waals surface area contributed by atoms with Gasteiger partial charge in [-0.3, -0.25) is 10.1 Å². The number of carboxylic acids is 1. The Morgan fingerprint density at radius 3 is 2.84 bits per heavy atom. The summed E-state index contributed by atoms with van der Waals surface area (Å²) < 4.78 is 0.925. The van der Waals surface area contributed by atoms with Gasteiger partial charge in [-0.15, -0.1) is 11.8 Å². The normalized spacial score (nSPS) is 15.1. The van der Waals surface area contributed by atoms with E-state index in [1.54, 1.807) is 6.20 Å². The summed E-state index contributed by atoms with van der Waals surface area (Å²) in [5.41, 5.74) is 0. The van der Waals surface area contributed by atoms with Crippen molar-refractivity contribution in [2.24, 2.45) is 0 Å². The number of aromatic nitrogens is 1. The quantitative estimate of drug-likeness (QED) is 0.603. The number of unbranched alkanes of at least 4 members (excludes halogenated alkanes) is 1. The molecular weight excluding hydrogens is 358 g/mol. The SMILES string of the molecule is CCCCN(C(=O)Nc1ncc(SCCC(=O)O)s1)C1CCCCC1. The van der Waals surface area contributed by atoms with Crippen LogP contribution in [0.25, 0.3) is 0 Å². The fourth-order valence-corrected chi connectivity index (χ4v) is 4.82. The number of amides is 2. The fourth-order valence-electron chi connectivity index (χ4n) is 2.96. The Hall–Kier alpha value is -1.28. The van der Waals surface area contributed by atoms with Crippen molar-refractivity contribution in [3.63, 3.8) is 0 Å². The van der Waals surface area contributed by atoms with Crippen molar-refractivity contribution in [3.8, 4) is 0 Å². The molecule has 0 atom stereocenters. The van der Waals surface area contributed by atoms with Crippen LogP contribution in [-0.4, -0.2) is 45.3 Å². The van der Waals surface area contributed by atoms with Crippen molar-refractivity contribution in [3.05, 3.63) is 6.20 Å². The Bertz CT molecular complexity index is 559. The Labute approximate surface area is 157 Å². The zero-order chi connectivity index (χ0) is 18.1. The van der Waals surface area contributed by atoms with Crippen molar-refractivity contribution >= 4 is 40.2 Å². The molecule has 1 heterocycles. The number of hydrogen-bond acceptors (Lipinski definition) is 5. The van der Waals surface area contributed by atoms with Gasteiger partial charge in [0.2, 0.25) is 0 Å². The van der Waals surface area contributed by atoms with E-state index in [1.165, 1.54) is 42.4 Å². The molecule has 8 heteroatoms. The van der Waals surface area contributed by atoms with E-state index in [1.807, 2.05) is 4.90 Å². The predicted molar refractivity (Wildman–Crippen MR) is 103 cm³/mol. The first kappa shape index (κ1) is 20.0. The number of nitrogens with zero attached hydrogens (tertiary/aromatic N) is 2. The zero-order valence-electron chi connectivity index (χ0n) is 14.7. The standard InChI is InChI=1S/C17H27N3O3S2/c1-2-3-10-20(13-7-5-4-6-8-13)17(23)19-16-18-12-15(25-16)24-11-9-14(21)22/h12-13H,2-11H2,1H3,(H,21,22)(H,18,19,23). The topological polar surface area (TPSA) is 82.5 Å². The molecule has 2 amide bonds. The third kappa shape index (κ3) is 6.86. The second kappa shape index (κ2) is 10.7. The van der Waals surface area contributed by atoms with Gasteiger partial charge in [-0.05, 0) is 19.3 Å². The van der Waals surface area contributed by atoms with Gasteiger partial charge in [0.15, 0.2) is 5.13 Å². The minimum absolute atomic E-state index is 0.0585. The molecule has 140 valence electrons. The van der Waals surface area contributed by atoms with Gasteiger partial charge in [0.1, 0.15) is 0 Å². The molecule has 2 N–H and O–H groups in total. The van der Waals surface area contributed by atoms with E-state index >= 15 is 0 Å². The predicted octanol–water partition coefficient (Wildman–Crippen LogP) is 4.68. The molecule has 1 aromatic rings. The van der Waals surface area contributed by atoms with E-state index in [0.717, 1.165) is 36.4 Å². The van der Waals surface area contributed by atoms with Crippen LogP contribution in [0.4, 0.5) is 9.93 Å². The summed E-state index contributed by atoms with van der Waals surface area (Å²) in [5.74, 6) is -0.292. The molecule has 1 aliphatic rings. The van der Waals surface area contributed by atoms with Crippen LogP contribution in [0.3, 0.4) is 0 Å². The van der Waals surface area contributed by atoms with Gasteiger partial charge in [-0.1, -0.05) is 43.9 Å². The molecular formula is C17H27N3O3S2. The summed E-state index contributed by atoms with van der Waals surface area (Å²) in [6, 6.07) is 0.279. The van der Waals surface area contributed by atoms with Crippen molar-refractivity contribution in [2.75, 3.05) is 17.6 Å². The molecule has 0 aromatic carbocycles. The highest BCUT2D eigenvalue weighted by Gasteiger charge is 2.25. The number of urea groups is 1.